The van der Waals surface area contributed by atoms with E-state index >= 15 is 0 Å². The topological polar surface area (TPSA) is 46.8 Å². The van der Waals surface area contributed by atoms with Crippen molar-refractivity contribution in [3.8, 4) is 5.88 Å². The summed E-state index contributed by atoms with van der Waals surface area (Å²) in [5, 5.41) is 0. The molecular weight excluding hydrogens is 242 g/mol. The van der Waals surface area contributed by atoms with Crippen LogP contribution in [0.1, 0.15) is 12.8 Å². The van der Waals surface area contributed by atoms with Gasteiger partial charge in [-0.1, -0.05) is 6.07 Å². The molecule has 5 nitrogen and oxygen atoms in total. The number of rotatable bonds is 2. The number of likely N-dealkylation sites (tertiary alicyclic amines) is 1. The third-order valence-corrected chi connectivity index (χ3v) is 3.50. The van der Waals surface area contributed by atoms with E-state index in [0.717, 1.165) is 25.9 Å². The molecule has 0 aliphatic carbocycles. The Labute approximate surface area is 111 Å². The Bertz CT molecular complexity index is 630. The Morgan fingerprint density at radius 3 is 2.89 bits per heavy atom. The molecule has 2 aromatic heterocycles. The largest absolute Gasteiger partial charge is 0.474 e. The summed E-state index contributed by atoms with van der Waals surface area (Å²) in [6, 6.07) is 6.95. The summed E-state index contributed by atoms with van der Waals surface area (Å²) < 4.78 is 7.36. The van der Waals surface area contributed by atoms with Gasteiger partial charge in [0, 0.05) is 19.3 Å². The minimum atomic E-state index is -0.103. The van der Waals surface area contributed by atoms with Crippen LogP contribution in [0, 0.1) is 0 Å². The lowest BCUT2D eigenvalue weighted by atomic mass is 10.1. The Hall–Kier alpha value is -1.88. The Balaban J connectivity index is 1.83. The molecule has 5 heteroatoms. The third kappa shape index (κ3) is 2.61. The fourth-order valence-corrected chi connectivity index (χ4v) is 2.37. The number of hydrogen-bond acceptors (Lipinski definition) is 4. The SMILES string of the molecule is CN1CCC(Oc2cc(=O)n3ccccc3n2)CC1. The molecule has 0 atom stereocenters. The summed E-state index contributed by atoms with van der Waals surface area (Å²) in [5.74, 6) is 0.436. The van der Waals surface area contributed by atoms with Gasteiger partial charge in [-0.2, -0.15) is 4.98 Å². The molecule has 1 fully saturated rings. The van der Waals surface area contributed by atoms with Crippen molar-refractivity contribution >= 4 is 5.65 Å². The van der Waals surface area contributed by atoms with Crippen LogP contribution in [-0.4, -0.2) is 40.5 Å². The van der Waals surface area contributed by atoms with Gasteiger partial charge in [-0.15, -0.1) is 0 Å². The summed E-state index contributed by atoms with van der Waals surface area (Å²) in [7, 11) is 2.11. The van der Waals surface area contributed by atoms with E-state index in [9.17, 15) is 4.79 Å². The standard InChI is InChI=1S/C14H17N3O2/c1-16-8-5-11(6-9-16)19-13-10-14(18)17-7-3-2-4-12(17)15-13/h2-4,7,10-11H,5-6,8-9H2,1H3. The smallest absolute Gasteiger partial charge is 0.261 e. The van der Waals surface area contributed by atoms with Crippen molar-refractivity contribution in [2.75, 3.05) is 20.1 Å². The van der Waals surface area contributed by atoms with Crippen molar-refractivity contribution < 1.29 is 4.74 Å². The molecule has 1 aliphatic rings. The highest BCUT2D eigenvalue weighted by atomic mass is 16.5. The second kappa shape index (κ2) is 5.01. The van der Waals surface area contributed by atoms with Crippen molar-refractivity contribution in [1.82, 2.24) is 14.3 Å². The quantitative estimate of drug-likeness (QED) is 0.812. The molecule has 3 rings (SSSR count). The molecule has 1 aliphatic heterocycles. The van der Waals surface area contributed by atoms with Crippen LogP contribution in [-0.2, 0) is 0 Å². The highest BCUT2D eigenvalue weighted by molar-refractivity contribution is 5.39. The van der Waals surface area contributed by atoms with E-state index in [2.05, 4.69) is 16.9 Å². The van der Waals surface area contributed by atoms with Crippen LogP contribution < -0.4 is 10.3 Å². The van der Waals surface area contributed by atoms with Crippen LogP contribution in [0.5, 0.6) is 5.88 Å². The number of fused-ring (bicyclic) bond motifs is 1. The van der Waals surface area contributed by atoms with Crippen LogP contribution in [0.25, 0.3) is 5.65 Å². The maximum absolute atomic E-state index is 11.9. The molecule has 2 aromatic rings. The molecular formula is C14H17N3O2. The first-order valence-corrected chi connectivity index (χ1v) is 6.56. The van der Waals surface area contributed by atoms with Crippen LogP contribution in [0.2, 0.25) is 0 Å². The molecule has 0 aromatic carbocycles. The molecule has 19 heavy (non-hydrogen) atoms. The van der Waals surface area contributed by atoms with Gasteiger partial charge in [0.15, 0.2) is 0 Å². The van der Waals surface area contributed by atoms with Gasteiger partial charge >= 0.3 is 0 Å². The summed E-state index contributed by atoms with van der Waals surface area (Å²) in [4.78, 5) is 18.6. The van der Waals surface area contributed by atoms with E-state index in [4.69, 9.17) is 4.74 Å². The van der Waals surface area contributed by atoms with E-state index in [1.807, 2.05) is 18.2 Å². The van der Waals surface area contributed by atoms with Gasteiger partial charge in [0.05, 0.1) is 6.07 Å². The lowest BCUT2D eigenvalue weighted by Crippen LogP contribution is -2.36. The van der Waals surface area contributed by atoms with Crippen LogP contribution >= 0.6 is 0 Å². The number of pyridine rings is 1. The molecule has 1 saturated heterocycles. The number of nitrogens with zero attached hydrogens (tertiary/aromatic N) is 3. The number of ether oxygens (including phenoxy) is 1. The van der Waals surface area contributed by atoms with E-state index in [1.165, 1.54) is 10.5 Å². The summed E-state index contributed by atoms with van der Waals surface area (Å²) in [6.07, 6.45) is 3.83. The predicted molar refractivity (Wildman–Crippen MR) is 72.6 cm³/mol. The summed E-state index contributed by atoms with van der Waals surface area (Å²) in [6.45, 7) is 2.05. The number of hydrogen-bond donors (Lipinski definition) is 0. The zero-order valence-corrected chi connectivity index (χ0v) is 11.0. The first-order valence-electron chi connectivity index (χ1n) is 6.56. The first-order chi connectivity index (χ1) is 9.22. The second-order valence-electron chi connectivity index (χ2n) is 4.98. The molecule has 100 valence electrons. The summed E-state index contributed by atoms with van der Waals surface area (Å²) >= 11 is 0. The summed E-state index contributed by atoms with van der Waals surface area (Å²) in [5.41, 5.74) is 0.520. The molecule has 3 heterocycles. The number of piperidine rings is 1. The molecule has 0 bridgehead atoms. The van der Waals surface area contributed by atoms with E-state index in [1.54, 1.807) is 6.20 Å². The van der Waals surface area contributed by atoms with Crippen molar-refractivity contribution in [2.45, 2.75) is 18.9 Å². The normalized spacial score (nSPS) is 17.7. The highest BCUT2D eigenvalue weighted by Crippen LogP contribution is 2.15. The Morgan fingerprint density at radius 2 is 2.11 bits per heavy atom. The van der Waals surface area contributed by atoms with Crippen LogP contribution in [0.15, 0.2) is 35.3 Å². The number of aromatic nitrogens is 2. The molecule has 0 saturated carbocycles. The molecule has 0 amide bonds. The maximum Gasteiger partial charge on any atom is 0.261 e. The van der Waals surface area contributed by atoms with Gasteiger partial charge in [-0.25, -0.2) is 0 Å². The Morgan fingerprint density at radius 1 is 1.32 bits per heavy atom. The zero-order chi connectivity index (χ0) is 13.2. The molecule has 0 radical (unpaired) electrons. The minimum absolute atomic E-state index is 0.103. The zero-order valence-electron chi connectivity index (χ0n) is 11.0. The lowest BCUT2D eigenvalue weighted by molar-refractivity contribution is 0.110. The van der Waals surface area contributed by atoms with Crippen LogP contribution in [0.4, 0.5) is 0 Å². The molecule has 0 unspecified atom stereocenters. The lowest BCUT2D eigenvalue weighted by Gasteiger charge is -2.28. The van der Waals surface area contributed by atoms with Crippen molar-refractivity contribution in [1.29, 1.82) is 0 Å². The van der Waals surface area contributed by atoms with E-state index < -0.39 is 0 Å². The second-order valence-corrected chi connectivity index (χ2v) is 4.98. The maximum atomic E-state index is 11.9. The van der Waals surface area contributed by atoms with Gasteiger partial charge < -0.3 is 9.64 Å². The first kappa shape index (κ1) is 12.2. The molecule has 0 spiro atoms. The third-order valence-electron chi connectivity index (χ3n) is 3.50. The average Bonchev–Trinajstić information content (AvgIpc) is 2.42. The van der Waals surface area contributed by atoms with Crippen LogP contribution in [0.3, 0.4) is 0 Å². The van der Waals surface area contributed by atoms with E-state index in [0.29, 0.717) is 11.5 Å². The van der Waals surface area contributed by atoms with Crippen molar-refractivity contribution in [3.05, 3.63) is 40.8 Å². The van der Waals surface area contributed by atoms with Gasteiger partial charge in [0.1, 0.15) is 11.8 Å². The van der Waals surface area contributed by atoms with E-state index in [-0.39, 0.29) is 11.7 Å². The van der Waals surface area contributed by atoms with Gasteiger partial charge in [0.25, 0.3) is 5.56 Å². The highest BCUT2D eigenvalue weighted by Gasteiger charge is 2.18. The van der Waals surface area contributed by atoms with Gasteiger partial charge in [-0.05, 0) is 32.0 Å². The fourth-order valence-electron chi connectivity index (χ4n) is 2.37. The van der Waals surface area contributed by atoms with Gasteiger partial charge in [-0.3, -0.25) is 9.20 Å². The van der Waals surface area contributed by atoms with Crippen molar-refractivity contribution in [2.24, 2.45) is 0 Å². The predicted octanol–water partition coefficient (Wildman–Crippen LogP) is 1.17. The van der Waals surface area contributed by atoms with Gasteiger partial charge in [0.2, 0.25) is 5.88 Å². The fraction of sp³-hybridized carbons (Fsp3) is 0.429. The molecule has 0 N–H and O–H groups in total. The average molecular weight is 259 g/mol. The monoisotopic (exact) mass is 259 g/mol. The van der Waals surface area contributed by atoms with Crippen molar-refractivity contribution in [3.63, 3.8) is 0 Å². The Kier molecular flexibility index (Phi) is 3.21. The minimum Gasteiger partial charge on any atom is -0.474 e.